The highest BCUT2D eigenvalue weighted by molar-refractivity contribution is 5.95. The molecule has 0 radical (unpaired) electrons. The van der Waals surface area contributed by atoms with Gasteiger partial charge >= 0.3 is 0 Å². The summed E-state index contributed by atoms with van der Waals surface area (Å²) in [5.74, 6) is -0.0382. The van der Waals surface area contributed by atoms with Crippen molar-refractivity contribution >= 4 is 11.6 Å². The molecule has 1 rings (SSSR count). The van der Waals surface area contributed by atoms with Crippen molar-refractivity contribution in [1.82, 2.24) is 5.32 Å². The lowest BCUT2D eigenvalue weighted by Gasteiger charge is -2.17. The zero-order valence-electron chi connectivity index (χ0n) is 9.13. The first-order valence-corrected chi connectivity index (χ1v) is 4.77. The maximum absolute atomic E-state index is 10.9. The number of nitrogens with one attached hydrogen (secondary N) is 1. The van der Waals surface area contributed by atoms with Gasteiger partial charge in [0.2, 0.25) is 0 Å². The van der Waals surface area contributed by atoms with Crippen LogP contribution in [0.5, 0.6) is 0 Å². The minimum Gasteiger partial charge on any atom is -0.369 e. The van der Waals surface area contributed by atoms with Crippen LogP contribution in [0.3, 0.4) is 0 Å². The Hall–Kier alpha value is -1.38. The van der Waals surface area contributed by atoms with Crippen LogP contribution in [0.25, 0.3) is 0 Å². The van der Waals surface area contributed by atoms with E-state index in [1.807, 2.05) is 13.8 Å². The SMILES string of the molecule is CC.CC(=O)C1=CC=CC(C(C)=O)N1. The van der Waals surface area contributed by atoms with Gasteiger partial charge in [-0.1, -0.05) is 26.0 Å². The van der Waals surface area contributed by atoms with Crippen molar-refractivity contribution in [2.24, 2.45) is 0 Å². The van der Waals surface area contributed by atoms with Crippen molar-refractivity contribution in [2.45, 2.75) is 33.7 Å². The Morgan fingerprint density at radius 2 is 1.86 bits per heavy atom. The maximum Gasteiger partial charge on any atom is 0.175 e. The molecule has 1 N–H and O–H groups in total. The lowest BCUT2D eigenvalue weighted by Crippen LogP contribution is -2.36. The van der Waals surface area contributed by atoms with Crippen LogP contribution in [-0.4, -0.2) is 17.6 Å². The molecule has 0 aromatic heterocycles. The summed E-state index contributed by atoms with van der Waals surface area (Å²) in [6.45, 7) is 6.96. The lowest BCUT2D eigenvalue weighted by atomic mass is 10.1. The van der Waals surface area contributed by atoms with Crippen LogP contribution in [0.15, 0.2) is 23.9 Å². The summed E-state index contributed by atoms with van der Waals surface area (Å²) in [7, 11) is 0. The summed E-state index contributed by atoms with van der Waals surface area (Å²) in [5.41, 5.74) is 0.498. The van der Waals surface area contributed by atoms with Crippen molar-refractivity contribution in [3.05, 3.63) is 23.9 Å². The molecule has 0 amide bonds. The normalized spacial score (nSPS) is 18.6. The summed E-state index contributed by atoms with van der Waals surface area (Å²) in [6, 6.07) is -0.339. The molecular weight excluding hydrogens is 178 g/mol. The molecule has 0 spiro atoms. The number of allylic oxidation sites excluding steroid dienone is 3. The molecule has 1 aliphatic rings. The minimum absolute atomic E-state index is 0.0121. The zero-order valence-corrected chi connectivity index (χ0v) is 9.13. The number of rotatable bonds is 2. The van der Waals surface area contributed by atoms with Gasteiger partial charge in [0.1, 0.15) is 6.04 Å². The summed E-state index contributed by atoms with van der Waals surface area (Å²) in [6.07, 6.45) is 5.12. The molecule has 1 heterocycles. The summed E-state index contributed by atoms with van der Waals surface area (Å²) < 4.78 is 0. The van der Waals surface area contributed by atoms with E-state index in [9.17, 15) is 9.59 Å². The number of ketones is 2. The second-order valence-corrected chi connectivity index (χ2v) is 2.75. The van der Waals surface area contributed by atoms with Crippen LogP contribution < -0.4 is 5.32 Å². The van der Waals surface area contributed by atoms with Gasteiger partial charge in [0.25, 0.3) is 0 Å². The Labute approximate surface area is 84.9 Å². The second kappa shape index (κ2) is 6.13. The molecule has 0 aromatic carbocycles. The van der Waals surface area contributed by atoms with E-state index in [4.69, 9.17) is 0 Å². The molecule has 1 unspecified atom stereocenters. The molecule has 14 heavy (non-hydrogen) atoms. The van der Waals surface area contributed by atoms with Gasteiger partial charge in [-0.25, -0.2) is 0 Å². The highest BCUT2D eigenvalue weighted by Gasteiger charge is 2.15. The van der Waals surface area contributed by atoms with Crippen molar-refractivity contribution in [1.29, 1.82) is 0 Å². The summed E-state index contributed by atoms with van der Waals surface area (Å²) in [4.78, 5) is 21.8. The number of dihydropyridines is 1. The van der Waals surface area contributed by atoms with Crippen molar-refractivity contribution in [2.75, 3.05) is 0 Å². The molecule has 0 fully saturated rings. The Kier molecular flexibility index (Phi) is 5.53. The Morgan fingerprint density at radius 1 is 1.29 bits per heavy atom. The van der Waals surface area contributed by atoms with Crippen LogP contribution >= 0.6 is 0 Å². The highest BCUT2D eigenvalue weighted by Crippen LogP contribution is 2.03. The molecule has 3 nitrogen and oxygen atoms in total. The molecule has 0 aromatic rings. The Morgan fingerprint density at radius 3 is 2.29 bits per heavy atom. The first-order chi connectivity index (χ1) is 6.61. The number of carbonyl (C=O) groups excluding carboxylic acids is 2. The Balaban J connectivity index is 0.000000791. The van der Waals surface area contributed by atoms with Crippen molar-refractivity contribution < 1.29 is 9.59 Å². The summed E-state index contributed by atoms with van der Waals surface area (Å²) >= 11 is 0. The van der Waals surface area contributed by atoms with Gasteiger partial charge in [0.15, 0.2) is 11.6 Å². The first kappa shape index (κ1) is 12.6. The van der Waals surface area contributed by atoms with E-state index < -0.39 is 0 Å². The van der Waals surface area contributed by atoms with Crippen LogP contribution in [0, 0.1) is 0 Å². The largest absolute Gasteiger partial charge is 0.369 e. The predicted octanol–water partition coefficient (Wildman–Crippen LogP) is 1.60. The van der Waals surface area contributed by atoms with E-state index >= 15 is 0 Å². The van der Waals surface area contributed by atoms with Crippen LogP contribution in [0.2, 0.25) is 0 Å². The molecule has 0 saturated carbocycles. The van der Waals surface area contributed by atoms with Crippen LogP contribution in [0.1, 0.15) is 27.7 Å². The van der Waals surface area contributed by atoms with Crippen LogP contribution in [-0.2, 0) is 9.59 Å². The van der Waals surface area contributed by atoms with Gasteiger partial charge in [-0.05, 0) is 13.0 Å². The highest BCUT2D eigenvalue weighted by atomic mass is 16.1. The third-order valence-corrected chi connectivity index (χ3v) is 1.69. The average molecular weight is 195 g/mol. The quantitative estimate of drug-likeness (QED) is 0.728. The second-order valence-electron chi connectivity index (χ2n) is 2.75. The molecule has 1 atom stereocenters. The molecule has 1 aliphatic heterocycles. The van der Waals surface area contributed by atoms with E-state index in [2.05, 4.69) is 5.32 Å². The van der Waals surface area contributed by atoms with Crippen molar-refractivity contribution in [3.8, 4) is 0 Å². The fraction of sp³-hybridized carbons (Fsp3) is 0.455. The molecule has 0 aliphatic carbocycles. The fourth-order valence-electron chi connectivity index (χ4n) is 0.983. The van der Waals surface area contributed by atoms with Gasteiger partial charge in [-0.15, -0.1) is 0 Å². The molecule has 0 saturated heterocycles. The number of hydrogen-bond donors (Lipinski definition) is 1. The first-order valence-electron chi connectivity index (χ1n) is 4.77. The van der Waals surface area contributed by atoms with E-state index in [0.717, 1.165) is 0 Å². The molecule has 3 heteroatoms. The number of Topliss-reactive ketones (excluding diaryl/α,β-unsaturated/α-hetero) is 2. The number of hydrogen-bond acceptors (Lipinski definition) is 3. The van der Waals surface area contributed by atoms with E-state index in [1.54, 1.807) is 18.2 Å². The zero-order chi connectivity index (χ0) is 11.1. The third kappa shape index (κ3) is 3.56. The standard InChI is InChI=1S/C9H11NO2.C2H6/c1-6(11)8-4-3-5-9(10-8)7(2)12;1-2/h3-5,8,10H,1-2H3;1-2H3. The number of carbonyl (C=O) groups is 2. The van der Waals surface area contributed by atoms with Gasteiger partial charge in [0.05, 0.1) is 5.70 Å². The van der Waals surface area contributed by atoms with Gasteiger partial charge in [-0.3, -0.25) is 9.59 Å². The molecule has 78 valence electrons. The van der Waals surface area contributed by atoms with Gasteiger partial charge in [0, 0.05) is 6.92 Å². The van der Waals surface area contributed by atoms with E-state index in [0.29, 0.717) is 5.70 Å². The lowest BCUT2D eigenvalue weighted by molar-refractivity contribution is -0.118. The minimum atomic E-state index is -0.339. The van der Waals surface area contributed by atoms with Gasteiger partial charge < -0.3 is 5.32 Å². The van der Waals surface area contributed by atoms with E-state index in [-0.39, 0.29) is 17.6 Å². The third-order valence-electron chi connectivity index (χ3n) is 1.69. The predicted molar refractivity (Wildman–Crippen MR) is 56.9 cm³/mol. The molecular formula is C11H17NO2. The van der Waals surface area contributed by atoms with Crippen LogP contribution in [0.4, 0.5) is 0 Å². The monoisotopic (exact) mass is 195 g/mol. The Bertz CT molecular complexity index is 277. The smallest absolute Gasteiger partial charge is 0.175 e. The maximum atomic E-state index is 10.9. The van der Waals surface area contributed by atoms with Gasteiger partial charge in [-0.2, -0.15) is 0 Å². The van der Waals surface area contributed by atoms with E-state index in [1.165, 1.54) is 13.8 Å². The van der Waals surface area contributed by atoms with Crippen molar-refractivity contribution in [3.63, 3.8) is 0 Å². The fourth-order valence-corrected chi connectivity index (χ4v) is 0.983. The molecule has 0 bridgehead atoms. The topological polar surface area (TPSA) is 46.2 Å². The summed E-state index contributed by atoms with van der Waals surface area (Å²) in [5, 5.41) is 2.83. The average Bonchev–Trinajstić information content (AvgIpc) is 2.21.